The molecule has 0 atom stereocenters. The highest BCUT2D eigenvalue weighted by atomic mass is 32.2. The molecule has 1 aromatic rings. The molecule has 1 aliphatic rings. The quantitative estimate of drug-likeness (QED) is 0.804. The SMILES string of the molecule is CN(CCOc1ccccc1F)C(=O)C1CCN(S(N)(=O)=O)CC1. The Morgan fingerprint density at radius 2 is 2.00 bits per heavy atom. The Labute approximate surface area is 141 Å². The molecule has 1 fully saturated rings. The summed E-state index contributed by atoms with van der Waals surface area (Å²) in [5.41, 5.74) is 0. The number of nitrogens with zero attached hydrogens (tertiary/aromatic N) is 2. The van der Waals surface area contributed by atoms with E-state index in [1.807, 2.05) is 0 Å². The number of likely N-dealkylation sites (N-methyl/N-ethyl adjacent to an activating group) is 1. The summed E-state index contributed by atoms with van der Waals surface area (Å²) in [7, 11) is -2.04. The molecule has 0 unspecified atom stereocenters. The lowest BCUT2D eigenvalue weighted by atomic mass is 9.97. The molecule has 1 aliphatic heterocycles. The van der Waals surface area contributed by atoms with E-state index >= 15 is 0 Å². The summed E-state index contributed by atoms with van der Waals surface area (Å²) in [6.45, 7) is 0.991. The van der Waals surface area contributed by atoms with Crippen molar-refractivity contribution in [2.75, 3.05) is 33.3 Å². The van der Waals surface area contributed by atoms with Crippen LogP contribution in [0.2, 0.25) is 0 Å². The van der Waals surface area contributed by atoms with Gasteiger partial charge in [-0.15, -0.1) is 0 Å². The predicted molar refractivity (Wildman–Crippen MR) is 86.9 cm³/mol. The van der Waals surface area contributed by atoms with Crippen molar-refractivity contribution in [1.82, 2.24) is 9.21 Å². The molecular formula is C15H22FN3O4S. The third kappa shape index (κ3) is 4.89. The van der Waals surface area contributed by atoms with Gasteiger partial charge in [-0.05, 0) is 25.0 Å². The van der Waals surface area contributed by atoms with Crippen LogP contribution in [0.15, 0.2) is 24.3 Å². The van der Waals surface area contributed by atoms with Gasteiger partial charge in [0.25, 0.3) is 10.2 Å². The van der Waals surface area contributed by atoms with Crippen molar-refractivity contribution < 1.29 is 22.3 Å². The molecule has 0 bridgehead atoms. The highest BCUT2D eigenvalue weighted by Crippen LogP contribution is 2.20. The fourth-order valence-electron chi connectivity index (χ4n) is 2.63. The Hall–Kier alpha value is -1.71. The van der Waals surface area contributed by atoms with Crippen LogP contribution < -0.4 is 9.88 Å². The second-order valence-corrected chi connectivity index (χ2v) is 7.30. The highest BCUT2D eigenvalue weighted by molar-refractivity contribution is 7.86. The summed E-state index contributed by atoms with van der Waals surface area (Å²) in [5, 5.41) is 5.08. The second kappa shape index (κ2) is 7.91. The van der Waals surface area contributed by atoms with Gasteiger partial charge in [0.1, 0.15) is 6.61 Å². The Balaban J connectivity index is 1.78. The fraction of sp³-hybridized carbons (Fsp3) is 0.533. The van der Waals surface area contributed by atoms with E-state index in [1.54, 1.807) is 19.2 Å². The standard InChI is InChI=1S/C15H22FN3O4S/c1-18(10-11-23-14-5-3-2-4-13(14)16)15(20)12-6-8-19(9-7-12)24(17,21)22/h2-5,12H,6-11H2,1H3,(H2,17,21,22). The lowest BCUT2D eigenvalue weighted by Gasteiger charge is -2.31. The van der Waals surface area contributed by atoms with Crippen LogP contribution in [0, 0.1) is 11.7 Å². The van der Waals surface area contributed by atoms with Gasteiger partial charge in [0, 0.05) is 26.1 Å². The summed E-state index contributed by atoms with van der Waals surface area (Å²) >= 11 is 0. The molecule has 0 aromatic heterocycles. The number of nitrogens with two attached hydrogens (primary N) is 1. The van der Waals surface area contributed by atoms with Gasteiger partial charge in [0.05, 0.1) is 6.54 Å². The van der Waals surface area contributed by atoms with E-state index in [2.05, 4.69) is 0 Å². The van der Waals surface area contributed by atoms with Crippen LogP contribution in [-0.2, 0) is 15.0 Å². The minimum atomic E-state index is -3.69. The summed E-state index contributed by atoms with van der Waals surface area (Å²) in [6, 6.07) is 6.09. The van der Waals surface area contributed by atoms with Gasteiger partial charge in [0.2, 0.25) is 5.91 Å². The number of amides is 1. The average molecular weight is 359 g/mol. The van der Waals surface area contributed by atoms with Gasteiger partial charge in [-0.25, -0.2) is 9.53 Å². The first-order valence-electron chi connectivity index (χ1n) is 7.69. The lowest BCUT2D eigenvalue weighted by molar-refractivity contribution is -0.135. The number of hydrogen-bond donors (Lipinski definition) is 1. The van der Waals surface area contributed by atoms with E-state index < -0.39 is 16.0 Å². The Morgan fingerprint density at radius 3 is 2.58 bits per heavy atom. The first-order chi connectivity index (χ1) is 11.3. The van der Waals surface area contributed by atoms with E-state index in [0.717, 1.165) is 0 Å². The molecular weight excluding hydrogens is 337 g/mol. The number of carbonyl (C=O) groups is 1. The minimum Gasteiger partial charge on any atom is -0.489 e. The smallest absolute Gasteiger partial charge is 0.276 e. The molecule has 7 nitrogen and oxygen atoms in total. The molecule has 0 saturated carbocycles. The number of para-hydroxylation sites is 1. The van der Waals surface area contributed by atoms with Crippen molar-refractivity contribution in [2.45, 2.75) is 12.8 Å². The van der Waals surface area contributed by atoms with Crippen molar-refractivity contribution in [3.63, 3.8) is 0 Å². The molecule has 2 N–H and O–H groups in total. The normalized spacial score (nSPS) is 16.8. The Kier molecular flexibility index (Phi) is 6.14. The third-order valence-corrected chi connectivity index (χ3v) is 5.15. The van der Waals surface area contributed by atoms with Crippen LogP contribution in [0.1, 0.15) is 12.8 Å². The molecule has 0 aliphatic carbocycles. The van der Waals surface area contributed by atoms with E-state index in [-0.39, 0.29) is 37.3 Å². The van der Waals surface area contributed by atoms with Crippen LogP contribution in [0.3, 0.4) is 0 Å². The second-order valence-electron chi connectivity index (χ2n) is 5.76. The lowest BCUT2D eigenvalue weighted by Crippen LogP contribution is -2.46. The van der Waals surface area contributed by atoms with Crippen molar-refractivity contribution in [2.24, 2.45) is 11.1 Å². The molecule has 1 saturated heterocycles. The zero-order valence-corrected chi connectivity index (χ0v) is 14.3. The number of halogens is 1. The van der Waals surface area contributed by atoms with E-state index in [1.165, 1.54) is 21.3 Å². The zero-order chi connectivity index (χ0) is 17.7. The molecule has 2 rings (SSSR count). The monoisotopic (exact) mass is 359 g/mol. The molecule has 1 amide bonds. The number of hydrogen-bond acceptors (Lipinski definition) is 4. The number of piperidine rings is 1. The Morgan fingerprint density at radius 1 is 1.38 bits per heavy atom. The summed E-state index contributed by atoms with van der Waals surface area (Å²) in [5.74, 6) is -0.593. The van der Waals surface area contributed by atoms with E-state index in [9.17, 15) is 17.6 Å². The third-order valence-electron chi connectivity index (χ3n) is 4.06. The van der Waals surface area contributed by atoms with Crippen LogP contribution >= 0.6 is 0 Å². The van der Waals surface area contributed by atoms with Gasteiger partial charge >= 0.3 is 0 Å². The van der Waals surface area contributed by atoms with Crippen molar-refractivity contribution in [3.05, 3.63) is 30.1 Å². The largest absolute Gasteiger partial charge is 0.489 e. The van der Waals surface area contributed by atoms with Crippen molar-refractivity contribution >= 4 is 16.1 Å². The number of benzene rings is 1. The van der Waals surface area contributed by atoms with Crippen LogP contribution in [-0.4, -0.2) is 56.8 Å². The Bertz CT molecular complexity index is 675. The van der Waals surface area contributed by atoms with E-state index in [4.69, 9.17) is 9.88 Å². The van der Waals surface area contributed by atoms with Gasteiger partial charge in [-0.2, -0.15) is 12.7 Å². The molecule has 1 aromatic carbocycles. The van der Waals surface area contributed by atoms with Gasteiger partial charge in [-0.3, -0.25) is 4.79 Å². The van der Waals surface area contributed by atoms with Crippen LogP contribution in [0.25, 0.3) is 0 Å². The van der Waals surface area contributed by atoms with Crippen molar-refractivity contribution in [1.29, 1.82) is 0 Å². The zero-order valence-electron chi connectivity index (χ0n) is 13.5. The van der Waals surface area contributed by atoms with Crippen LogP contribution in [0.5, 0.6) is 5.75 Å². The maximum Gasteiger partial charge on any atom is 0.276 e. The minimum absolute atomic E-state index is 0.0683. The molecule has 0 radical (unpaired) electrons. The van der Waals surface area contributed by atoms with Crippen molar-refractivity contribution in [3.8, 4) is 5.75 Å². The number of rotatable bonds is 6. The van der Waals surface area contributed by atoms with Gasteiger partial charge in [0.15, 0.2) is 11.6 Å². The predicted octanol–water partition coefficient (Wildman–Crippen LogP) is 0.578. The summed E-state index contributed by atoms with van der Waals surface area (Å²) in [4.78, 5) is 13.9. The van der Waals surface area contributed by atoms with Gasteiger partial charge in [-0.1, -0.05) is 12.1 Å². The first kappa shape index (κ1) is 18.6. The number of ether oxygens (including phenoxy) is 1. The summed E-state index contributed by atoms with van der Waals surface area (Å²) < 4.78 is 42.5. The molecule has 24 heavy (non-hydrogen) atoms. The fourth-order valence-corrected chi connectivity index (χ4v) is 3.35. The maximum atomic E-state index is 13.4. The number of carbonyl (C=O) groups excluding carboxylic acids is 1. The molecule has 134 valence electrons. The average Bonchev–Trinajstić information content (AvgIpc) is 2.55. The van der Waals surface area contributed by atoms with Crippen LogP contribution in [0.4, 0.5) is 4.39 Å². The topological polar surface area (TPSA) is 92.9 Å². The maximum absolute atomic E-state index is 13.4. The van der Waals surface area contributed by atoms with E-state index in [0.29, 0.717) is 19.4 Å². The molecule has 1 heterocycles. The summed E-state index contributed by atoms with van der Waals surface area (Å²) in [6.07, 6.45) is 0.877. The first-order valence-corrected chi connectivity index (χ1v) is 9.19. The molecule has 0 spiro atoms. The van der Waals surface area contributed by atoms with Gasteiger partial charge < -0.3 is 9.64 Å². The highest BCUT2D eigenvalue weighted by Gasteiger charge is 2.30. The molecule has 9 heteroatoms.